The van der Waals surface area contributed by atoms with Crippen LogP contribution in [0.2, 0.25) is 0 Å². The van der Waals surface area contributed by atoms with Gasteiger partial charge in [0.1, 0.15) is 12.7 Å². The quantitative estimate of drug-likeness (QED) is 0.119. The van der Waals surface area contributed by atoms with Gasteiger partial charge in [0, 0.05) is 12.5 Å². The Bertz CT molecular complexity index is 416. The van der Waals surface area contributed by atoms with Crippen molar-refractivity contribution < 1.29 is 82.5 Å². The van der Waals surface area contributed by atoms with E-state index in [9.17, 15) is 9.59 Å². The van der Waals surface area contributed by atoms with Crippen LogP contribution < -0.4 is 51.4 Å². The van der Waals surface area contributed by atoms with Gasteiger partial charge in [0.15, 0.2) is 0 Å². The predicted molar refractivity (Wildman–Crippen MR) is 109 cm³/mol. The van der Waals surface area contributed by atoms with Crippen LogP contribution in [0.15, 0.2) is 24.3 Å². The number of aliphatic carboxylic acids is 1. The van der Waals surface area contributed by atoms with Crippen molar-refractivity contribution in [3.63, 3.8) is 0 Å². The zero-order valence-corrected chi connectivity index (χ0v) is 21.1. The molecular weight excluding hydrogens is 387 g/mol. The van der Waals surface area contributed by atoms with Gasteiger partial charge < -0.3 is 21.5 Å². The Balaban J connectivity index is -0.000000267. The number of hydrogen-bond acceptors (Lipinski definition) is 5. The van der Waals surface area contributed by atoms with Crippen LogP contribution in [-0.4, -0.2) is 46.6 Å². The van der Waals surface area contributed by atoms with Crippen LogP contribution in [0.5, 0.6) is 0 Å². The van der Waals surface area contributed by atoms with Gasteiger partial charge in [-0.15, -0.1) is 0 Å². The largest absolute Gasteiger partial charge is 1.00 e. The molecule has 0 bridgehead atoms. The van der Waals surface area contributed by atoms with Gasteiger partial charge in [-0.1, -0.05) is 76.5 Å². The summed E-state index contributed by atoms with van der Waals surface area (Å²) in [7, 11) is 0. The fourth-order valence-corrected chi connectivity index (χ4v) is 2.14. The van der Waals surface area contributed by atoms with E-state index in [0.717, 1.165) is 18.9 Å². The molecule has 0 aromatic rings. The molecule has 0 aliphatic rings. The minimum atomic E-state index is -0.952. The number of carboxylic acid groups (broad SMARTS) is 1. The second kappa shape index (κ2) is 27.0. The molecule has 7 heteroatoms. The number of rotatable bonds is 15. The van der Waals surface area contributed by atoms with Crippen LogP contribution in [0.4, 0.5) is 0 Å². The first kappa shape index (κ1) is 32.6. The van der Waals surface area contributed by atoms with Crippen molar-refractivity contribution in [3.8, 4) is 0 Å². The van der Waals surface area contributed by atoms with Crippen molar-refractivity contribution in [2.75, 3.05) is 13.2 Å². The summed E-state index contributed by atoms with van der Waals surface area (Å²) in [6.07, 6.45) is 16.4. The van der Waals surface area contributed by atoms with Crippen molar-refractivity contribution in [1.29, 1.82) is 0 Å². The molecule has 0 heterocycles. The monoisotopic (exact) mass is 426 g/mol. The second-order valence-corrected chi connectivity index (χ2v) is 6.32. The summed E-state index contributed by atoms with van der Waals surface area (Å²) >= 11 is 0. The molecule has 28 heavy (non-hydrogen) atoms. The van der Waals surface area contributed by atoms with Gasteiger partial charge in [-0.3, -0.25) is 4.79 Å². The summed E-state index contributed by atoms with van der Waals surface area (Å²) in [5, 5.41) is 25.6. The number of hydrogen-bond donors (Lipinski definition) is 3. The van der Waals surface area contributed by atoms with Crippen molar-refractivity contribution >= 4 is 11.9 Å². The van der Waals surface area contributed by atoms with E-state index in [-0.39, 0.29) is 72.0 Å². The molecule has 0 spiro atoms. The fourth-order valence-electron chi connectivity index (χ4n) is 2.14. The van der Waals surface area contributed by atoms with Gasteiger partial charge in [-0.25, -0.2) is 4.79 Å². The Hall–Kier alpha value is -0.0236. The predicted octanol–water partition coefficient (Wildman–Crippen LogP) is 1.12. The first-order valence-corrected chi connectivity index (χ1v) is 9.94. The molecule has 0 aliphatic heterocycles. The van der Waals surface area contributed by atoms with Gasteiger partial charge in [-0.05, 0) is 13.3 Å². The van der Waals surface area contributed by atoms with Crippen LogP contribution in [0, 0.1) is 0 Å². The molecule has 0 amide bonds. The average Bonchev–Trinajstić information content (AvgIpc) is 2.65. The maximum Gasteiger partial charge on any atom is 1.00 e. The van der Waals surface area contributed by atoms with Gasteiger partial charge >= 0.3 is 63.3 Å². The molecule has 0 radical (unpaired) electrons. The molecule has 0 fully saturated rings. The average molecular weight is 427 g/mol. The van der Waals surface area contributed by atoms with Crippen LogP contribution in [0.3, 0.4) is 0 Å². The topological polar surface area (TPSA) is 104 Å². The summed E-state index contributed by atoms with van der Waals surface area (Å²) in [5.41, 5.74) is 0. The Morgan fingerprint density at radius 3 is 2.00 bits per heavy atom. The van der Waals surface area contributed by atoms with Gasteiger partial charge in [0.25, 0.3) is 0 Å². The van der Waals surface area contributed by atoms with Crippen molar-refractivity contribution in [1.82, 2.24) is 0 Å². The van der Waals surface area contributed by atoms with E-state index in [1.807, 2.05) is 6.92 Å². The van der Waals surface area contributed by atoms with E-state index in [0.29, 0.717) is 6.42 Å². The number of aliphatic hydroxyl groups is 2. The van der Waals surface area contributed by atoms with Crippen molar-refractivity contribution in [2.45, 2.75) is 84.2 Å². The molecule has 0 aromatic heterocycles. The Morgan fingerprint density at radius 1 is 1.00 bits per heavy atom. The van der Waals surface area contributed by atoms with Crippen molar-refractivity contribution in [3.05, 3.63) is 24.3 Å². The van der Waals surface area contributed by atoms with Crippen LogP contribution in [0.25, 0.3) is 0 Å². The van der Waals surface area contributed by atoms with E-state index in [2.05, 4.69) is 6.92 Å². The van der Waals surface area contributed by atoms with Crippen LogP contribution >= 0.6 is 0 Å². The molecule has 0 saturated carbocycles. The Kier molecular flexibility index (Phi) is 31.4. The summed E-state index contributed by atoms with van der Waals surface area (Å²) in [6, 6.07) is 0. The Labute approximate surface area is 214 Å². The van der Waals surface area contributed by atoms with Crippen LogP contribution in [0.1, 0.15) is 79.5 Å². The number of carboxylic acids is 1. The smallest absolute Gasteiger partial charge is 1.00 e. The van der Waals surface area contributed by atoms with Gasteiger partial charge in [-0.2, -0.15) is 0 Å². The minimum Gasteiger partial charge on any atom is -1.00 e. The summed E-state index contributed by atoms with van der Waals surface area (Å²) in [5.74, 6) is -1.20. The Morgan fingerprint density at radius 2 is 1.54 bits per heavy atom. The number of ether oxygens (including phenoxy) is 1. The number of carbonyl (C=O) groups is 2. The third kappa shape index (κ3) is 30.7. The standard InChI is InChI=1S/C15H30O4.C6H8O2.K.H/c1-2-3-4-5-6-7-8-9-10-11-15(18)19-13-14(17)12-16;1-2-3-4-5-6(7)8;;/h14,16-17H,2-13H2,1H3;2-5H,1H3,(H,7,8);;/q;;+1;-1/b;3-2+,5-4+;;. The van der Waals surface area contributed by atoms with E-state index in [4.69, 9.17) is 20.1 Å². The molecule has 0 aliphatic carbocycles. The third-order valence-corrected chi connectivity index (χ3v) is 3.67. The van der Waals surface area contributed by atoms with E-state index in [1.165, 1.54) is 51.0 Å². The van der Waals surface area contributed by atoms with Crippen molar-refractivity contribution in [2.24, 2.45) is 0 Å². The molecular formula is C21H39KO6. The molecule has 3 N–H and O–H groups in total. The molecule has 0 rings (SSSR count). The number of aliphatic hydroxyl groups excluding tert-OH is 2. The maximum absolute atomic E-state index is 11.3. The zero-order chi connectivity index (χ0) is 20.8. The summed E-state index contributed by atoms with van der Waals surface area (Å²) in [4.78, 5) is 21.0. The van der Waals surface area contributed by atoms with Gasteiger partial charge in [0.05, 0.1) is 6.61 Å². The summed E-state index contributed by atoms with van der Waals surface area (Å²) < 4.78 is 4.82. The number of unbranched alkanes of at least 4 members (excludes halogenated alkanes) is 8. The van der Waals surface area contributed by atoms with Gasteiger partial charge in [0.2, 0.25) is 0 Å². The number of esters is 1. The first-order chi connectivity index (χ1) is 13.0. The van der Waals surface area contributed by atoms with E-state index in [1.54, 1.807) is 12.2 Å². The normalized spacial score (nSPS) is 11.6. The zero-order valence-electron chi connectivity index (χ0n) is 18.9. The first-order valence-electron chi connectivity index (χ1n) is 9.94. The molecule has 0 aromatic carbocycles. The van der Waals surface area contributed by atoms with E-state index >= 15 is 0 Å². The summed E-state index contributed by atoms with van der Waals surface area (Å²) in [6.45, 7) is 3.57. The fraction of sp³-hybridized carbons (Fsp3) is 0.714. The number of carbonyl (C=O) groups excluding carboxylic acids is 1. The molecule has 1 unspecified atom stereocenters. The third-order valence-electron chi connectivity index (χ3n) is 3.67. The molecule has 160 valence electrons. The minimum absolute atomic E-state index is 0. The maximum atomic E-state index is 11.3. The van der Waals surface area contributed by atoms with E-state index < -0.39 is 12.1 Å². The molecule has 0 saturated heterocycles. The number of allylic oxidation sites excluding steroid dienone is 3. The van der Waals surface area contributed by atoms with Crippen LogP contribution in [-0.2, 0) is 14.3 Å². The SMILES string of the molecule is C/C=C/C=C/C(=O)O.CCCCCCCCCCCC(=O)OCC(O)CO.[H-].[K+]. The molecule has 1 atom stereocenters. The second-order valence-electron chi connectivity index (χ2n) is 6.32. The molecule has 6 nitrogen and oxygen atoms in total.